The summed E-state index contributed by atoms with van der Waals surface area (Å²) in [6.07, 6.45) is 0.711. The Morgan fingerprint density at radius 2 is 1.60 bits per heavy atom. The van der Waals surface area contributed by atoms with E-state index in [-0.39, 0.29) is 17.8 Å². The summed E-state index contributed by atoms with van der Waals surface area (Å²) in [7, 11) is 0. The fraction of sp³-hybridized carbons (Fsp3) is 0.364. The molecule has 1 unspecified atom stereocenters. The number of aromatic hydroxyl groups is 1. The Kier molecular flexibility index (Phi) is 7.88. The molecule has 1 atom stereocenters. The Morgan fingerprint density at radius 3 is 2.23 bits per heavy atom. The Bertz CT molecular complexity index is 1570. The van der Waals surface area contributed by atoms with Gasteiger partial charge >= 0.3 is 5.97 Å². The molecule has 0 saturated heterocycles. The molecule has 0 aliphatic carbocycles. The molecule has 1 heterocycles. The highest BCUT2D eigenvalue weighted by Crippen LogP contribution is 2.45. The molecule has 1 N–H and O–H groups in total. The average molecular weight is 560 g/mol. The van der Waals surface area contributed by atoms with Gasteiger partial charge in [0, 0.05) is 27.0 Å². The smallest absolute Gasteiger partial charge is 0.333 e. The first-order valence-corrected chi connectivity index (χ1v) is 13.8. The summed E-state index contributed by atoms with van der Waals surface area (Å²) in [4.78, 5) is 13.9. The quantitative estimate of drug-likeness (QED) is 0.175. The highest BCUT2D eigenvalue weighted by atomic mass is 35.5. The maximum atomic E-state index is 12.5. The molecular formula is C33H38ClN3O3. The molecule has 40 heavy (non-hydrogen) atoms. The van der Waals surface area contributed by atoms with Gasteiger partial charge in [-0.25, -0.2) is 4.79 Å². The maximum absolute atomic E-state index is 12.5. The zero-order chi connectivity index (χ0) is 29.5. The highest BCUT2D eigenvalue weighted by Gasteiger charge is 2.37. The molecule has 1 aromatic heterocycles. The van der Waals surface area contributed by atoms with Crippen molar-refractivity contribution in [2.24, 2.45) is 5.41 Å². The standard InChI is InChI=1S/C33H38ClN3O3/c1-21(2)30(39)40-20-33(8,19-31(3,4)5)23-16-25(32(6,7)22-12-10-9-11-13-22)29(38)28(17-23)37-35-26-15-14-24(34)18-27(26)36-37/h9-18,38H,1,19-20H2,2-8H3. The van der Waals surface area contributed by atoms with Crippen LogP contribution in [-0.4, -0.2) is 32.7 Å². The first-order valence-electron chi connectivity index (χ1n) is 13.4. The van der Waals surface area contributed by atoms with Gasteiger partial charge in [-0.05, 0) is 54.2 Å². The van der Waals surface area contributed by atoms with Crippen molar-refractivity contribution >= 4 is 28.6 Å². The zero-order valence-corrected chi connectivity index (χ0v) is 25.1. The number of phenols is 1. The van der Waals surface area contributed by atoms with Crippen LogP contribution in [0.1, 0.15) is 71.6 Å². The second-order valence-corrected chi connectivity index (χ2v) is 13.1. The van der Waals surface area contributed by atoms with E-state index in [1.807, 2.05) is 30.3 Å². The van der Waals surface area contributed by atoms with Crippen LogP contribution in [0.5, 0.6) is 5.75 Å². The summed E-state index contributed by atoms with van der Waals surface area (Å²) in [6, 6.07) is 19.3. The average Bonchev–Trinajstić information content (AvgIpc) is 3.29. The van der Waals surface area contributed by atoms with Gasteiger partial charge in [-0.3, -0.25) is 0 Å². The summed E-state index contributed by atoms with van der Waals surface area (Å²) in [6.45, 7) is 18.3. The van der Waals surface area contributed by atoms with Gasteiger partial charge in [0.05, 0.1) is 0 Å². The van der Waals surface area contributed by atoms with Crippen molar-refractivity contribution in [3.8, 4) is 11.4 Å². The zero-order valence-electron chi connectivity index (χ0n) is 24.4. The number of aromatic nitrogens is 3. The van der Waals surface area contributed by atoms with Crippen molar-refractivity contribution in [1.29, 1.82) is 0 Å². The second-order valence-electron chi connectivity index (χ2n) is 12.7. The molecule has 0 aliphatic rings. The number of esters is 1. The molecule has 0 radical (unpaired) electrons. The Hall–Kier alpha value is -3.64. The van der Waals surface area contributed by atoms with Crippen LogP contribution in [-0.2, 0) is 20.4 Å². The molecule has 0 amide bonds. The van der Waals surface area contributed by atoms with E-state index in [1.165, 1.54) is 4.80 Å². The van der Waals surface area contributed by atoms with E-state index in [9.17, 15) is 9.90 Å². The number of rotatable bonds is 8. The second kappa shape index (κ2) is 10.7. The third-order valence-corrected chi connectivity index (χ3v) is 7.54. The fourth-order valence-electron chi connectivity index (χ4n) is 5.36. The topological polar surface area (TPSA) is 77.2 Å². The van der Waals surface area contributed by atoms with Crippen molar-refractivity contribution in [3.05, 3.63) is 94.5 Å². The van der Waals surface area contributed by atoms with Crippen LogP contribution in [0.2, 0.25) is 5.02 Å². The predicted molar refractivity (Wildman–Crippen MR) is 161 cm³/mol. The van der Waals surface area contributed by atoms with E-state index in [0.717, 1.165) is 16.7 Å². The minimum Gasteiger partial charge on any atom is -0.505 e. The highest BCUT2D eigenvalue weighted by molar-refractivity contribution is 6.31. The lowest BCUT2D eigenvalue weighted by Crippen LogP contribution is -2.35. The summed E-state index contributed by atoms with van der Waals surface area (Å²) < 4.78 is 5.76. The minimum atomic E-state index is -0.594. The number of phenolic OH excluding ortho intramolecular Hbond substituents is 1. The fourth-order valence-corrected chi connectivity index (χ4v) is 5.52. The van der Waals surface area contributed by atoms with Crippen LogP contribution >= 0.6 is 11.6 Å². The molecule has 0 fully saturated rings. The predicted octanol–water partition coefficient (Wildman–Crippen LogP) is 7.92. The number of benzene rings is 3. The van der Waals surface area contributed by atoms with E-state index < -0.39 is 16.8 Å². The molecule has 3 aromatic carbocycles. The molecule has 0 saturated carbocycles. The monoisotopic (exact) mass is 559 g/mol. The van der Waals surface area contributed by atoms with Gasteiger partial charge in [0.2, 0.25) is 0 Å². The van der Waals surface area contributed by atoms with Gasteiger partial charge in [0.25, 0.3) is 0 Å². The number of nitrogens with zero attached hydrogens (tertiary/aromatic N) is 3. The lowest BCUT2D eigenvalue weighted by atomic mass is 9.69. The molecule has 7 heteroatoms. The maximum Gasteiger partial charge on any atom is 0.333 e. The third-order valence-electron chi connectivity index (χ3n) is 7.30. The van der Waals surface area contributed by atoms with Crippen LogP contribution < -0.4 is 0 Å². The Labute approximate surface area is 241 Å². The van der Waals surface area contributed by atoms with Crippen LogP contribution in [0.4, 0.5) is 0 Å². The minimum absolute atomic E-state index is 0.0843. The molecule has 4 rings (SSSR count). The van der Waals surface area contributed by atoms with Gasteiger partial charge in [-0.2, -0.15) is 0 Å². The molecule has 0 spiro atoms. The number of hydrogen-bond acceptors (Lipinski definition) is 5. The summed E-state index contributed by atoms with van der Waals surface area (Å²) in [5.41, 5.74) is 3.49. The number of carbonyl (C=O) groups is 1. The molecule has 210 valence electrons. The van der Waals surface area contributed by atoms with Crippen LogP contribution in [0.3, 0.4) is 0 Å². The SMILES string of the molecule is C=C(C)C(=O)OCC(C)(CC(C)(C)C)c1cc(-n2nc3ccc(Cl)cc3n2)c(O)c(C(C)(C)c2ccccc2)c1. The lowest BCUT2D eigenvalue weighted by Gasteiger charge is -2.37. The van der Waals surface area contributed by atoms with Gasteiger partial charge in [0.1, 0.15) is 29.1 Å². The number of halogens is 1. The van der Waals surface area contributed by atoms with Crippen molar-refractivity contribution in [1.82, 2.24) is 15.0 Å². The third kappa shape index (κ3) is 6.07. The molecule has 4 aromatic rings. The molecule has 0 aliphatic heterocycles. The van der Waals surface area contributed by atoms with E-state index in [0.29, 0.717) is 33.7 Å². The number of fused-ring (bicyclic) bond motifs is 1. The van der Waals surface area contributed by atoms with Crippen molar-refractivity contribution < 1.29 is 14.6 Å². The van der Waals surface area contributed by atoms with E-state index in [4.69, 9.17) is 16.3 Å². The normalized spacial score (nSPS) is 13.7. The van der Waals surface area contributed by atoms with Gasteiger partial charge in [-0.15, -0.1) is 15.0 Å². The summed E-state index contributed by atoms with van der Waals surface area (Å²) >= 11 is 6.21. The largest absolute Gasteiger partial charge is 0.505 e. The van der Waals surface area contributed by atoms with Crippen LogP contribution in [0.25, 0.3) is 16.7 Å². The van der Waals surface area contributed by atoms with Crippen molar-refractivity contribution in [3.63, 3.8) is 0 Å². The van der Waals surface area contributed by atoms with E-state index in [1.54, 1.807) is 25.1 Å². The lowest BCUT2D eigenvalue weighted by molar-refractivity contribution is -0.141. The number of ether oxygens (including phenoxy) is 1. The molecule has 0 bridgehead atoms. The van der Waals surface area contributed by atoms with Crippen LogP contribution in [0, 0.1) is 5.41 Å². The Balaban J connectivity index is 1.98. The van der Waals surface area contributed by atoms with Gasteiger partial charge in [0.15, 0.2) is 0 Å². The van der Waals surface area contributed by atoms with E-state index in [2.05, 4.69) is 70.5 Å². The number of carbonyl (C=O) groups excluding carboxylic acids is 1. The van der Waals surface area contributed by atoms with Gasteiger partial charge in [-0.1, -0.05) is 96.1 Å². The Morgan fingerprint density at radius 1 is 0.950 bits per heavy atom. The molecule has 6 nitrogen and oxygen atoms in total. The van der Waals surface area contributed by atoms with Crippen molar-refractivity contribution in [2.45, 2.75) is 65.7 Å². The van der Waals surface area contributed by atoms with Gasteiger partial charge < -0.3 is 9.84 Å². The number of hydrogen-bond donors (Lipinski definition) is 1. The van der Waals surface area contributed by atoms with E-state index >= 15 is 0 Å². The van der Waals surface area contributed by atoms with Crippen LogP contribution in [0.15, 0.2) is 72.8 Å². The summed E-state index contributed by atoms with van der Waals surface area (Å²) in [5.74, 6) is -0.345. The molecular weight excluding hydrogens is 522 g/mol. The first kappa shape index (κ1) is 29.3. The summed E-state index contributed by atoms with van der Waals surface area (Å²) in [5, 5.41) is 21.7. The first-order chi connectivity index (χ1) is 18.6. The van der Waals surface area contributed by atoms with Crippen molar-refractivity contribution in [2.75, 3.05) is 6.61 Å².